The third-order valence-corrected chi connectivity index (χ3v) is 4.50. The number of H-pyrrole nitrogens is 1. The van der Waals surface area contributed by atoms with Gasteiger partial charge in [0.1, 0.15) is 5.69 Å². The van der Waals surface area contributed by atoms with E-state index in [0.29, 0.717) is 38.3 Å². The Morgan fingerprint density at radius 1 is 1.12 bits per heavy atom. The van der Waals surface area contributed by atoms with Crippen molar-refractivity contribution in [3.05, 3.63) is 36.0 Å². The Hall–Kier alpha value is -2.34. The zero-order valence-corrected chi connectivity index (χ0v) is 14.0. The number of nitrogens with zero attached hydrogens (tertiary/aromatic N) is 2. The molecule has 1 aliphatic heterocycles. The second kappa shape index (κ2) is 7.49. The van der Waals surface area contributed by atoms with E-state index in [1.165, 1.54) is 0 Å². The third kappa shape index (κ3) is 3.59. The van der Waals surface area contributed by atoms with Crippen LogP contribution in [-0.4, -0.2) is 66.4 Å². The molecule has 0 atom stereocenters. The Balaban J connectivity index is 1.56. The van der Waals surface area contributed by atoms with Crippen molar-refractivity contribution in [1.82, 2.24) is 20.1 Å². The molecule has 128 valence electrons. The van der Waals surface area contributed by atoms with Crippen molar-refractivity contribution in [2.24, 2.45) is 0 Å². The minimum absolute atomic E-state index is 0.00785. The number of aromatic amines is 1. The van der Waals surface area contributed by atoms with Gasteiger partial charge < -0.3 is 20.1 Å². The van der Waals surface area contributed by atoms with Crippen molar-refractivity contribution in [1.29, 1.82) is 0 Å². The lowest BCUT2D eigenvalue weighted by molar-refractivity contribution is -0.132. The first-order valence-corrected chi connectivity index (χ1v) is 8.48. The zero-order chi connectivity index (χ0) is 16.9. The monoisotopic (exact) mass is 328 g/mol. The van der Waals surface area contributed by atoms with Crippen LogP contribution in [0.2, 0.25) is 0 Å². The molecule has 2 amide bonds. The Kier molecular flexibility index (Phi) is 5.15. The summed E-state index contributed by atoms with van der Waals surface area (Å²) in [4.78, 5) is 31.6. The molecule has 6 heteroatoms. The molecule has 2 aromatic rings. The maximum Gasteiger partial charge on any atom is 0.270 e. The molecule has 0 bridgehead atoms. The number of fused-ring (bicyclic) bond motifs is 1. The van der Waals surface area contributed by atoms with Crippen molar-refractivity contribution in [3.63, 3.8) is 0 Å². The number of hydrogen-bond donors (Lipinski definition) is 2. The number of carbonyl (C=O) groups is 2. The highest BCUT2D eigenvalue weighted by molar-refractivity contribution is 5.98. The van der Waals surface area contributed by atoms with E-state index in [-0.39, 0.29) is 11.8 Å². The number of rotatable bonds is 5. The Morgan fingerprint density at radius 3 is 2.54 bits per heavy atom. The molecule has 0 unspecified atom stereocenters. The van der Waals surface area contributed by atoms with Gasteiger partial charge in [0.2, 0.25) is 5.91 Å². The summed E-state index contributed by atoms with van der Waals surface area (Å²) < 4.78 is 0. The van der Waals surface area contributed by atoms with Crippen LogP contribution in [0, 0.1) is 0 Å². The Bertz CT molecular complexity index is 684. The smallest absolute Gasteiger partial charge is 0.270 e. The highest BCUT2D eigenvalue weighted by Gasteiger charge is 2.25. The van der Waals surface area contributed by atoms with Crippen LogP contribution in [0.4, 0.5) is 0 Å². The molecule has 1 fully saturated rings. The summed E-state index contributed by atoms with van der Waals surface area (Å²) in [5.74, 6) is 0.191. The fraction of sp³-hybridized carbons (Fsp3) is 0.444. The number of piperazine rings is 1. The van der Waals surface area contributed by atoms with Gasteiger partial charge in [-0.1, -0.05) is 18.2 Å². The molecule has 1 saturated heterocycles. The molecule has 0 aliphatic carbocycles. The van der Waals surface area contributed by atoms with E-state index in [0.717, 1.165) is 23.9 Å². The van der Waals surface area contributed by atoms with Crippen LogP contribution in [-0.2, 0) is 4.79 Å². The van der Waals surface area contributed by atoms with Crippen LogP contribution in [0.5, 0.6) is 0 Å². The maximum atomic E-state index is 12.6. The number of benzene rings is 1. The first-order valence-electron chi connectivity index (χ1n) is 8.48. The predicted molar refractivity (Wildman–Crippen MR) is 93.9 cm³/mol. The normalized spacial score (nSPS) is 15.0. The Morgan fingerprint density at radius 2 is 1.83 bits per heavy atom. The van der Waals surface area contributed by atoms with Gasteiger partial charge >= 0.3 is 0 Å². The summed E-state index contributed by atoms with van der Waals surface area (Å²) in [7, 11) is 1.89. The van der Waals surface area contributed by atoms with Crippen molar-refractivity contribution in [2.45, 2.75) is 12.8 Å². The van der Waals surface area contributed by atoms with Crippen molar-refractivity contribution in [2.75, 3.05) is 39.8 Å². The summed E-state index contributed by atoms with van der Waals surface area (Å²) in [5, 5.41) is 4.09. The van der Waals surface area contributed by atoms with Gasteiger partial charge in [0, 0.05) is 43.5 Å². The number of aromatic nitrogens is 1. The molecule has 0 saturated carbocycles. The highest BCUT2D eigenvalue weighted by Crippen LogP contribution is 2.17. The van der Waals surface area contributed by atoms with Gasteiger partial charge in [-0.05, 0) is 32.1 Å². The third-order valence-electron chi connectivity index (χ3n) is 4.50. The summed E-state index contributed by atoms with van der Waals surface area (Å²) in [6.07, 6.45) is 1.42. The molecule has 2 heterocycles. The van der Waals surface area contributed by atoms with Crippen molar-refractivity contribution < 1.29 is 9.59 Å². The number of nitrogens with one attached hydrogen (secondary N) is 2. The van der Waals surface area contributed by atoms with E-state index >= 15 is 0 Å². The molecule has 3 rings (SSSR count). The van der Waals surface area contributed by atoms with Crippen molar-refractivity contribution in [3.8, 4) is 0 Å². The zero-order valence-electron chi connectivity index (χ0n) is 14.0. The minimum atomic E-state index is 0.00785. The molecular formula is C18H24N4O2. The average molecular weight is 328 g/mol. The number of amides is 2. The van der Waals surface area contributed by atoms with E-state index in [1.54, 1.807) is 0 Å². The quantitative estimate of drug-likeness (QED) is 0.817. The number of para-hydroxylation sites is 1. The molecule has 2 N–H and O–H groups in total. The van der Waals surface area contributed by atoms with Crippen LogP contribution in [0.1, 0.15) is 23.3 Å². The number of carbonyl (C=O) groups excluding carboxylic acids is 2. The first-order chi connectivity index (χ1) is 11.7. The van der Waals surface area contributed by atoms with Gasteiger partial charge in [-0.25, -0.2) is 0 Å². The molecule has 1 aliphatic rings. The van der Waals surface area contributed by atoms with Gasteiger partial charge in [-0.15, -0.1) is 0 Å². The van der Waals surface area contributed by atoms with Crippen LogP contribution in [0.3, 0.4) is 0 Å². The lowest BCUT2D eigenvalue weighted by Crippen LogP contribution is -2.50. The maximum absolute atomic E-state index is 12.6. The van der Waals surface area contributed by atoms with E-state index in [1.807, 2.05) is 47.2 Å². The lowest BCUT2D eigenvalue weighted by Gasteiger charge is -2.34. The summed E-state index contributed by atoms with van der Waals surface area (Å²) in [5.41, 5.74) is 1.59. The highest BCUT2D eigenvalue weighted by atomic mass is 16.2. The minimum Gasteiger partial charge on any atom is -0.351 e. The molecule has 0 radical (unpaired) electrons. The van der Waals surface area contributed by atoms with Crippen LogP contribution in [0.15, 0.2) is 30.3 Å². The lowest BCUT2D eigenvalue weighted by atomic mass is 10.2. The molecule has 24 heavy (non-hydrogen) atoms. The van der Waals surface area contributed by atoms with Crippen LogP contribution >= 0.6 is 0 Å². The van der Waals surface area contributed by atoms with E-state index < -0.39 is 0 Å². The molecule has 1 aromatic heterocycles. The van der Waals surface area contributed by atoms with E-state index in [9.17, 15) is 9.59 Å². The fourth-order valence-corrected chi connectivity index (χ4v) is 3.09. The van der Waals surface area contributed by atoms with Gasteiger partial charge in [-0.3, -0.25) is 9.59 Å². The average Bonchev–Trinajstić information content (AvgIpc) is 3.05. The molecule has 0 spiro atoms. The van der Waals surface area contributed by atoms with Gasteiger partial charge in [0.15, 0.2) is 0 Å². The van der Waals surface area contributed by atoms with E-state index in [4.69, 9.17) is 0 Å². The molecule has 6 nitrogen and oxygen atoms in total. The SMILES string of the molecule is CNCCCC(=O)N1CCN(C(=O)c2cc3ccccc3[nH]2)CC1. The van der Waals surface area contributed by atoms with Crippen molar-refractivity contribution >= 4 is 22.7 Å². The van der Waals surface area contributed by atoms with Crippen LogP contribution < -0.4 is 5.32 Å². The van der Waals surface area contributed by atoms with Crippen LogP contribution in [0.25, 0.3) is 10.9 Å². The topological polar surface area (TPSA) is 68.4 Å². The standard InChI is InChI=1S/C18H24N4O2/c1-19-8-4-7-17(23)21-9-11-22(12-10-21)18(24)16-13-14-5-2-3-6-15(14)20-16/h2-3,5-6,13,19-20H,4,7-12H2,1H3. The first kappa shape index (κ1) is 16.5. The molecule has 1 aromatic carbocycles. The largest absolute Gasteiger partial charge is 0.351 e. The summed E-state index contributed by atoms with van der Waals surface area (Å²) in [6.45, 7) is 3.26. The van der Waals surface area contributed by atoms with Gasteiger partial charge in [0.25, 0.3) is 5.91 Å². The second-order valence-corrected chi connectivity index (χ2v) is 6.15. The molecular weight excluding hydrogens is 304 g/mol. The fourth-order valence-electron chi connectivity index (χ4n) is 3.09. The number of hydrogen-bond acceptors (Lipinski definition) is 3. The van der Waals surface area contributed by atoms with Gasteiger partial charge in [0.05, 0.1) is 0 Å². The second-order valence-electron chi connectivity index (χ2n) is 6.15. The summed E-state index contributed by atoms with van der Waals surface area (Å²) >= 11 is 0. The van der Waals surface area contributed by atoms with Gasteiger partial charge in [-0.2, -0.15) is 0 Å². The summed E-state index contributed by atoms with van der Waals surface area (Å²) in [6, 6.07) is 9.76. The predicted octanol–water partition coefficient (Wildman–Crippen LogP) is 1.45. The Labute approximate surface area is 141 Å². The van der Waals surface area contributed by atoms with E-state index in [2.05, 4.69) is 10.3 Å².